The summed E-state index contributed by atoms with van der Waals surface area (Å²) in [5.74, 6) is -3.58. The first-order valence-electron chi connectivity index (χ1n) is 12.7. The number of hydrogen-bond acceptors (Lipinski definition) is 11. The molecule has 0 aliphatic carbocycles. The zero-order chi connectivity index (χ0) is 32.4. The minimum Gasteiger partial charge on any atom is -0.457 e. The predicted octanol–water partition coefficient (Wildman–Crippen LogP) is 4.74. The van der Waals surface area contributed by atoms with Gasteiger partial charge in [-0.1, -0.05) is 6.07 Å². The molecule has 0 saturated heterocycles. The molecule has 4 aromatic rings. The van der Waals surface area contributed by atoms with Gasteiger partial charge >= 0.3 is 0 Å². The number of nitrogens with zero attached hydrogens (tertiary/aromatic N) is 5. The molecule has 1 aliphatic rings. The van der Waals surface area contributed by atoms with E-state index in [1.807, 2.05) is 0 Å². The van der Waals surface area contributed by atoms with Crippen molar-refractivity contribution in [2.45, 2.75) is 0 Å². The second-order valence-corrected chi connectivity index (χ2v) is 9.35. The lowest BCUT2D eigenvalue weighted by molar-refractivity contribution is -0.385. The van der Waals surface area contributed by atoms with Gasteiger partial charge in [-0.3, -0.25) is 49.5 Å². The van der Waals surface area contributed by atoms with Crippen LogP contribution in [0.4, 0.5) is 17.1 Å². The van der Waals surface area contributed by atoms with Crippen LogP contribution in [0.2, 0.25) is 0 Å². The normalized spacial score (nSPS) is 12.0. The Kier molecular flexibility index (Phi) is 7.78. The summed E-state index contributed by atoms with van der Waals surface area (Å²) >= 11 is 0. The van der Waals surface area contributed by atoms with E-state index in [0.717, 1.165) is 30.3 Å². The molecule has 0 saturated carbocycles. The molecule has 224 valence electrons. The van der Waals surface area contributed by atoms with Crippen LogP contribution < -0.4 is 4.74 Å². The van der Waals surface area contributed by atoms with Crippen molar-refractivity contribution in [3.8, 4) is 11.5 Å². The molecule has 5 rings (SSSR count). The highest BCUT2D eigenvalue weighted by atomic mass is 16.6. The van der Waals surface area contributed by atoms with Crippen molar-refractivity contribution in [2.75, 3.05) is 6.54 Å². The average molecular weight is 611 g/mol. The maximum Gasteiger partial charge on any atom is 0.287 e. The van der Waals surface area contributed by atoms with Crippen LogP contribution in [0.3, 0.4) is 0 Å². The summed E-state index contributed by atoms with van der Waals surface area (Å²) in [4.78, 5) is 85.1. The van der Waals surface area contributed by atoms with Gasteiger partial charge in [-0.25, -0.2) is 5.01 Å². The quantitative estimate of drug-likeness (QED) is 0.103. The van der Waals surface area contributed by atoms with E-state index in [2.05, 4.69) is 0 Å². The molecule has 0 bridgehead atoms. The first kappa shape index (κ1) is 29.6. The zero-order valence-corrected chi connectivity index (χ0v) is 22.6. The largest absolute Gasteiger partial charge is 0.457 e. The van der Waals surface area contributed by atoms with E-state index in [-0.39, 0.29) is 39.6 Å². The fraction of sp³-hybridized carbons (Fsp3) is 0.0345. The third kappa shape index (κ3) is 5.78. The Bertz CT molecular complexity index is 1910. The van der Waals surface area contributed by atoms with E-state index in [4.69, 9.17) is 4.74 Å². The minimum atomic E-state index is -1.21. The van der Waals surface area contributed by atoms with Crippen LogP contribution >= 0.6 is 0 Å². The fourth-order valence-electron chi connectivity index (χ4n) is 4.44. The Labute approximate surface area is 251 Å². The van der Waals surface area contributed by atoms with Crippen LogP contribution in [0.15, 0.2) is 91.0 Å². The summed E-state index contributed by atoms with van der Waals surface area (Å²) in [6.45, 7) is -0.877. The SMILES string of the molecule is O=C(CN(C(=O)c1ccc([N+](=O)[O-])cc1)N1C(=O)c2cccc([N+](=O)[O-])c2C1=O)c1ccc(Oc2ccc([N+](=O)[O-])cc2)cc1. The lowest BCUT2D eigenvalue weighted by atomic mass is 10.1. The van der Waals surface area contributed by atoms with E-state index in [1.54, 1.807) is 0 Å². The Morgan fingerprint density at radius 1 is 0.667 bits per heavy atom. The average Bonchev–Trinajstić information content (AvgIpc) is 3.29. The molecule has 0 radical (unpaired) electrons. The van der Waals surface area contributed by atoms with E-state index in [1.165, 1.54) is 60.7 Å². The van der Waals surface area contributed by atoms with Gasteiger partial charge < -0.3 is 4.74 Å². The predicted molar refractivity (Wildman–Crippen MR) is 152 cm³/mol. The number of non-ortho nitro benzene ring substituents is 2. The van der Waals surface area contributed by atoms with Crippen molar-refractivity contribution < 1.29 is 38.7 Å². The number of rotatable bonds is 10. The first-order chi connectivity index (χ1) is 21.5. The maximum atomic E-state index is 13.6. The van der Waals surface area contributed by atoms with E-state index in [0.29, 0.717) is 10.0 Å². The molecule has 4 aromatic carbocycles. The van der Waals surface area contributed by atoms with Gasteiger partial charge in [0, 0.05) is 41.5 Å². The number of nitro benzene ring substituents is 3. The van der Waals surface area contributed by atoms with Crippen LogP contribution in [0, 0.1) is 30.3 Å². The van der Waals surface area contributed by atoms with Gasteiger partial charge in [0.1, 0.15) is 23.6 Å². The van der Waals surface area contributed by atoms with Gasteiger partial charge in [-0.15, -0.1) is 0 Å². The van der Waals surface area contributed by atoms with Crippen LogP contribution in [-0.4, -0.2) is 54.8 Å². The molecule has 0 aromatic heterocycles. The van der Waals surface area contributed by atoms with Crippen LogP contribution in [-0.2, 0) is 0 Å². The number of amides is 3. The molecular weight excluding hydrogens is 594 g/mol. The smallest absolute Gasteiger partial charge is 0.287 e. The topological polar surface area (TPSA) is 213 Å². The van der Waals surface area contributed by atoms with Gasteiger partial charge in [-0.2, -0.15) is 5.01 Å². The number of Topliss-reactive ketones (excluding diaryl/α,β-unsaturated/α-hetero) is 1. The highest BCUT2D eigenvalue weighted by Gasteiger charge is 2.46. The third-order valence-electron chi connectivity index (χ3n) is 6.62. The van der Waals surface area contributed by atoms with E-state index >= 15 is 0 Å². The van der Waals surface area contributed by atoms with Crippen molar-refractivity contribution >= 4 is 40.6 Å². The van der Waals surface area contributed by atoms with Crippen molar-refractivity contribution in [1.82, 2.24) is 10.0 Å². The van der Waals surface area contributed by atoms with Crippen LogP contribution in [0.5, 0.6) is 11.5 Å². The van der Waals surface area contributed by atoms with Crippen molar-refractivity contribution in [2.24, 2.45) is 0 Å². The molecule has 1 aliphatic heterocycles. The van der Waals surface area contributed by atoms with Crippen molar-refractivity contribution in [1.29, 1.82) is 0 Å². The lowest BCUT2D eigenvalue weighted by Gasteiger charge is -2.29. The molecule has 0 atom stereocenters. The Morgan fingerprint density at radius 2 is 1.18 bits per heavy atom. The molecule has 0 fully saturated rings. The van der Waals surface area contributed by atoms with Crippen molar-refractivity contribution in [3.63, 3.8) is 0 Å². The number of benzene rings is 4. The van der Waals surface area contributed by atoms with E-state index < -0.39 is 56.1 Å². The number of fused-ring (bicyclic) bond motifs is 1. The Balaban J connectivity index is 1.44. The molecule has 3 amide bonds. The number of carbonyl (C=O) groups is 4. The summed E-state index contributed by atoms with van der Waals surface area (Å²) < 4.78 is 5.63. The standard InChI is InChI=1S/C29H17N5O11/c35-25(17-6-12-21(13-7-17)45-22-14-10-20(11-15-22)33(41)42)16-30(27(36)18-4-8-19(9-5-18)32(39)40)31-28(37)23-2-1-3-24(34(43)44)26(23)29(31)38/h1-15H,16H2. The molecule has 0 N–H and O–H groups in total. The number of imide groups is 1. The Morgan fingerprint density at radius 3 is 1.71 bits per heavy atom. The molecule has 16 nitrogen and oxygen atoms in total. The lowest BCUT2D eigenvalue weighted by Crippen LogP contribution is -2.51. The second kappa shape index (κ2) is 11.8. The van der Waals surface area contributed by atoms with Gasteiger partial charge in [0.05, 0.1) is 20.3 Å². The number of ether oxygens (including phenoxy) is 1. The summed E-state index contributed by atoms with van der Waals surface area (Å²) in [6, 6.07) is 18.3. The van der Waals surface area contributed by atoms with Gasteiger partial charge in [0.15, 0.2) is 5.78 Å². The number of hydrazine groups is 1. The summed E-state index contributed by atoms with van der Waals surface area (Å²) in [5, 5.41) is 34.4. The van der Waals surface area contributed by atoms with Crippen molar-refractivity contribution in [3.05, 3.63) is 144 Å². The first-order valence-corrected chi connectivity index (χ1v) is 12.7. The fourth-order valence-corrected chi connectivity index (χ4v) is 4.44. The molecule has 0 spiro atoms. The van der Waals surface area contributed by atoms with Crippen LogP contribution in [0.25, 0.3) is 0 Å². The number of nitro groups is 3. The number of ketones is 1. The molecule has 45 heavy (non-hydrogen) atoms. The summed E-state index contributed by atoms with van der Waals surface area (Å²) in [5.41, 5.74) is -2.26. The second-order valence-electron chi connectivity index (χ2n) is 9.35. The third-order valence-corrected chi connectivity index (χ3v) is 6.62. The monoisotopic (exact) mass is 611 g/mol. The highest BCUT2D eigenvalue weighted by Crippen LogP contribution is 2.32. The molecule has 0 unspecified atom stereocenters. The number of hydrogen-bond donors (Lipinski definition) is 0. The zero-order valence-electron chi connectivity index (χ0n) is 22.6. The molecule has 16 heteroatoms. The van der Waals surface area contributed by atoms with Gasteiger partial charge in [0.2, 0.25) is 0 Å². The number of carbonyl (C=O) groups excluding carboxylic acids is 4. The minimum absolute atomic E-state index is 0.0233. The Hall–Kier alpha value is -6.84. The summed E-state index contributed by atoms with van der Waals surface area (Å²) in [6.07, 6.45) is 0. The van der Waals surface area contributed by atoms with Gasteiger partial charge in [-0.05, 0) is 54.6 Å². The molecule has 1 heterocycles. The van der Waals surface area contributed by atoms with Gasteiger partial charge in [0.25, 0.3) is 34.8 Å². The van der Waals surface area contributed by atoms with E-state index in [9.17, 15) is 49.5 Å². The summed E-state index contributed by atoms with van der Waals surface area (Å²) in [7, 11) is 0. The highest BCUT2D eigenvalue weighted by molar-refractivity contribution is 6.24. The maximum absolute atomic E-state index is 13.6. The van der Waals surface area contributed by atoms with Crippen LogP contribution in [0.1, 0.15) is 41.4 Å². The molecular formula is C29H17N5O11.